The van der Waals surface area contributed by atoms with Crippen LogP contribution in [0.5, 0.6) is 0 Å². The molecule has 0 radical (unpaired) electrons. The predicted octanol–water partition coefficient (Wildman–Crippen LogP) is 5.82. The van der Waals surface area contributed by atoms with E-state index in [9.17, 15) is 0 Å². The Balaban J connectivity index is 1.49. The summed E-state index contributed by atoms with van der Waals surface area (Å²) in [7, 11) is 0. The molecule has 0 fully saturated rings. The third-order valence-electron chi connectivity index (χ3n) is 5.79. The number of aryl methyl sites for hydroxylation is 4. The van der Waals surface area contributed by atoms with E-state index in [1.165, 1.54) is 22.3 Å². The number of aromatic amines is 2. The summed E-state index contributed by atoms with van der Waals surface area (Å²) in [4.78, 5) is 9.54. The maximum absolute atomic E-state index is 4.77. The quantitative estimate of drug-likeness (QED) is 0.383. The van der Waals surface area contributed by atoms with Crippen molar-refractivity contribution in [3.05, 3.63) is 82.9 Å². The van der Waals surface area contributed by atoms with Crippen LogP contribution in [0, 0.1) is 27.7 Å². The second-order valence-corrected chi connectivity index (χ2v) is 8.13. The second kappa shape index (κ2) is 7.89. The third-order valence-corrected chi connectivity index (χ3v) is 5.79. The van der Waals surface area contributed by atoms with Crippen LogP contribution in [0.4, 0.5) is 0 Å². The first-order chi connectivity index (χ1) is 15.5. The zero-order valence-corrected chi connectivity index (χ0v) is 18.6. The Kier molecular flexibility index (Phi) is 4.90. The highest BCUT2D eigenvalue weighted by molar-refractivity contribution is 5.71. The number of hydrogen-bond donors (Lipinski definition) is 2. The SMILES string of the molecule is Cc1cccc(C)c1-c1nc(-c2cccc(-c3n[nH]c(-c4c(C)cccc4C)n3)c2)n[nH]1. The molecule has 0 atom stereocenters. The molecule has 158 valence electrons. The molecule has 2 aromatic heterocycles. The normalized spacial score (nSPS) is 11.1. The van der Waals surface area contributed by atoms with Gasteiger partial charge in [-0.25, -0.2) is 9.97 Å². The van der Waals surface area contributed by atoms with E-state index in [-0.39, 0.29) is 0 Å². The van der Waals surface area contributed by atoms with Crippen LogP contribution in [0.1, 0.15) is 22.3 Å². The van der Waals surface area contributed by atoms with Crippen molar-refractivity contribution in [2.75, 3.05) is 0 Å². The largest absolute Gasteiger partial charge is 0.259 e. The fourth-order valence-corrected chi connectivity index (χ4v) is 4.18. The molecule has 0 spiro atoms. The van der Waals surface area contributed by atoms with Gasteiger partial charge in [0.2, 0.25) is 0 Å². The van der Waals surface area contributed by atoms with Gasteiger partial charge in [0, 0.05) is 22.3 Å². The minimum absolute atomic E-state index is 0.648. The molecule has 6 nitrogen and oxygen atoms in total. The van der Waals surface area contributed by atoms with Crippen molar-refractivity contribution in [3.63, 3.8) is 0 Å². The summed E-state index contributed by atoms with van der Waals surface area (Å²) in [5, 5.41) is 15.1. The van der Waals surface area contributed by atoms with Crippen molar-refractivity contribution < 1.29 is 0 Å². The van der Waals surface area contributed by atoms with Gasteiger partial charge in [0.1, 0.15) is 0 Å². The molecule has 0 saturated carbocycles. The average molecular weight is 421 g/mol. The highest BCUT2D eigenvalue weighted by atomic mass is 15.2. The zero-order valence-electron chi connectivity index (χ0n) is 18.6. The molecule has 2 N–H and O–H groups in total. The van der Waals surface area contributed by atoms with Gasteiger partial charge in [0.05, 0.1) is 0 Å². The van der Waals surface area contributed by atoms with Gasteiger partial charge >= 0.3 is 0 Å². The van der Waals surface area contributed by atoms with Gasteiger partial charge in [-0.15, -0.1) is 0 Å². The summed E-state index contributed by atoms with van der Waals surface area (Å²) >= 11 is 0. The van der Waals surface area contributed by atoms with Crippen molar-refractivity contribution in [2.24, 2.45) is 0 Å². The topological polar surface area (TPSA) is 83.1 Å². The lowest BCUT2D eigenvalue weighted by atomic mass is 10.0. The van der Waals surface area contributed by atoms with Crippen LogP contribution in [0.3, 0.4) is 0 Å². The smallest absolute Gasteiger partial charge is 0.181 e. The van der Waals surface area contributed by atoms with Crippen LogP contribution in [-0.4, -0.2) is 30.4 Å². The zero-order chi connectivity index (χ0) is 22.2. The molecule has 5 aromatic rings. The molecule has 0 unspecified atom stereocenters. The van der Waals surface area contributed by atoms with Crippen molar-refractivity contribution in [1.29, 1.82) is 0 Å². The van der Waals surface area contributed by atoms with E-state index in [2.05, 4.69) is 84.5 Å². The molecule has 0 bridgehead atoms. The van der Waals surface area contributed by atoms with Gasteiger partial charge in [0.15, 0.2) is 23.3 Å². The first-order valence-electron chi connectivity index (χ1n) is 10.6. The monoisotopic (exact) mass is 420 g/mol. The first-order valence-corrected chi connectivity index (χ1v) is 10.6. The van der Waals surface area contributed by atoms with E-state index in [1.54, 1.807) is 0 Å². The molecule has 32 heavy (non-hydrogen) atoms. The lowest BCUT2D eigenvalue weighted by Crippen LogP contribution is -1.90. The number of nitrogens with zero attached hydrogens (tertiary/aromatic N) is 4. The highest BCUT2D eigenvalue weighted by Crippen LogP contribution is 2.29. The van der Waals surface area contributed by atoms with E-state index in [1.807, 2.05) is 24.3 Å². The van der Waals surface area contributed by atoms with Crippen molar-refractivity contribution in [3.8, 4) is 45.6 Å². The molecule has 0 aliphatic heterocycles. The first kappa shape index (κ1) is 19.9. The van der Waals surface area contributed by atoms with Crippen LogP contribution in [-0.2, 0) is 0 Å². The van der Waals surface area contributed by atoms with E-state index in [4.69, 9.17) is 9.97 Å². The van der Waals surface area contributed by atoms with Gasteiger partial charge < -0.3 is 0 Å². The maximum Gasteiger partial charge on any atom is 0.181 e. The maximum atomic E-state index is 4.77. The Labute approximate surface area is 186 Å². The minimum atomic E-state index is 0.648. The van der Waals surface area contributed by atoms with E-state index in [0.29, 0.717) is 11.6 Å². The predicted molar refractivity (Wildman–Crippen MR) is 127 cm³/mol. The summed E-state index contributed by atoms with van der Waals surface area (Å²) in [5.74, 6) is 2.84. The van der Waals surface area contributed by atoms with Crippen molar-refractivity contribution >= 4 is 0 Å². The summed E-state index contributed by atoms with van der Waals surface area (Å²) in [6.07, 6.45) is 0. The van der Waals surface area contributed by atoms with Crippen molar-refractivity contribution in [2.45, 2.75) is 27.7 Å². The Morgan fingerprint density at radius 1 is 0.531 bits per heavy atom. The summed E-state index contributed by atoms with van der Waals surface area (Å²) in [6.45, 7) is 8.34. The molecule has 0 saturated heterocycles. The Bertz CT molecular complexity index is 1280. The summed E-state index contributed by atoms with van der Waals surface area (Å²) < 4.78 is 0. The van der Waals surface area contributed by atoms with Crippen LogP contribution in [0.15, 0.2) is 60.7 Å². The fourth-order valence-electron chi connectivity index (χ4n) is 4.18. The van der Waals surface area contributed by atoms with E-state index in [0.717, 1.165) is 33.9 Å². The molecule has 5 rings (SSSR count). The highest BCUT2D eigenvalue weighted by Gasteiger charge is 2.15. The number of H-pyrrole nitrogens is 2. The molecule has 2 heterocycles. The summed E-state index contributed by atoms with van der Waals surface area (Å²) in [5.41, 5.74) is 8.68. The van der Waals surface area contributed by atoms with Crippen LogP contribution < -0.4 is 0 Å². The molecule has 3 aromatic carbocycles. The van der Waals surface area contributed by atoms with Gasteiger partial charge in [-0.05, 0) is 56.0 Å². The Morgan fingerprint density at radius 3 is 1.31 bits per heavy atom. The van der Waals surface area contributed by atoms with Crippen LogP contribution in [0.2, 0.25) is 0 Å². The summed E-state index contributed by atoms with van der Waals surface area (Å²) in [6, 6.07) is 20.5. The average Bonchev–Trinajstić information content (AvgIpc) is 3.44. The molecule has 0 amide bonds. The Morgan fingerprint density at radius 2 is 0.906 bits per heavy atom. The molecule has 0 aliphatic rings. The molecule has 0 aliphatic carbocycles. The van der Waals surface area contributed by atoms with E-state index < -0.39 is 0 Å². The lowest BCUT2D eigenvalue weighted by Gasteiger charge is -2.05. The fraction of sp³-hybridized carbons (Fsp3) is 0.154. The standard InChI is InChI=1S/C26H24N6/c1-15-8-5-9-16(2)21(15)25-27-23(29-31-25)19-12-7-13-20(14-19)24-28-26(32-30-24)22-17(3)10-6-11-18(22)4/h5-14H,1-4H3,(H,27,29,31)(H,28,30,32). The van der Waals surface area contributed by atoms with Gasteiger partial charge in [0.25, 0.3) is 0 Å². The molecular weight excluding hydrogens is 396 g/mol. The Hall–Kier alpha value is -4.06. The van der Waals surface area contributed by atoms with Crippen LogP contribution >= 0.6 is 0 Å². The number of aromatic nitrogens is 6. The molecular formula is C26H24N6. The number of nitrogens with one attached hydrogen (secondary N) is 2. The third kappa shape index (κ3) is 3.50. The van der Waals surface area contributed by atoms with Crippen LogP contribution in [0.25, 0.3) is 45.6 Å². The number of rotatable bonds is 4. The number of hydrogen-bond acceptors (Lipinski definition) is 4. The lowest BCUT2D eigenvalue weighted by molar-refractivity contribution is 1.09. The molecule has 6 heteroatoms. The second-order valence-electron chi connectivity index (χ2n) is 8.13. The number of benzene rings is 3. The van der Waals surface area contributed by atoms with Gasteiger partial charge in [-0.1, -0.05) is 54.6 Å². The van der Waals surface area contributed by atoms with Gasteiger partial charge in [-0.2, -0.15) is 10.2 Å². The van der Waals surface area contributed by atoms with E-state index >= 15 is 0 Å². The minimum Gasteiger partial charge on any atom is -0.259 e. The van der Waals surface area contributed by atoms with Gasteiger partial charge in [-0.3, -0.25) is 10.2 Å². The van der Waals surface area contributed by atoms with Crippen molar-refractivity contribution in [1.82, 2.24) is 30.4 Å².